The van der Waals surface area contributed by atoms with Crippen LogP contribution in [0.3, 0.4) is 0 Å². The van der Waals surface area contributed by atoms with E-state index in [9.17, 15) is 14.7 Å². The van der Waals surface area contributed by atoms with Gasteiger partial charge in [0.1, 0.15) is 5.82 Å². The first-order valence-corrected chi connectivity index (χ1v) is 7.23. The molecule has 1 aliphatic rings. The zero-order chi connectivity index (χ0) is 15.4. The normalized spacial score (nSPS) is 21.8. The largest absolute Gasteiger partial charge is 0.481 e. The lowest BCUT2D eigenvalue weighted by molar-refractivity contribution is -0.144. The van der Waals surface area contributed by atoms with Crippen LogP contribution in [-0.2, 0) is 4.79 Å². The molecule has 2 unspecified atom stereocenters. The Morgan fingerprint density at radius 1 is 1.38 bits per heavy atom. The standard InChI is InChI=1S/C15H21N3O3/c1-9-6-7-12(13(16)19)14(18-9)17-8-10-4-2-3-5-11(10)15(20)21/h6-7,10-11H,2-5,8H2,1H3,(H2,16,19)(H,17,18)(H,20,21). The number of primary amides is 1. The van der Waals surface area contributed by atoms with E-state index in [1.54, 1.807) is 12.1 Å². The summed E-state index contributed by atoms with van der Waals surface area (Å²) >= 11 is 0. The molecular formula is C15H21N3O3. The number of aliphatic carboxylic acids is 1. The predicted octanol–water partition coefficient (Wildman–Crippen LogP) is 1.79. The van der Waals surface area contributed by atoms with Crippen LogP contribution in [0, 0.1) is 18.8 Å². The summed E-state index contributed by atoms with van der Waals surface area (Å²) in [5, 5.41) is 12.4. The molecule has 0 aromatic carbocycles. The molecule has 1 heterocycles. The van der Waals surface area contributed by atoms with Crippen molar-refractivity contribution in [2.24, 2.45) is 17.6 Å². The molecule has 0 spiro atoms. The van der Waals surface area contributed by atoms with Crippen LogP contribution < -0.4 is 11.1 Å². The van der Waals surface area contributed by atoms with Crippen molar-refractivity contribution in [2.75, 3.05) is 11.9 Å². The zero-order valence-electron chi connectivity index (χ0n) is 12.1. The number of nitrogens with two attached hydrogens (primary N) is 1. The van der Waals surface area contributed by atoms with Crippen molar-refractivity contribution < 1.29 is 14.7 Å². The summed E-state index contributed by atoms with van der Waals surface area (Å²) in [5.41, 5.74) is 6.45. The first-order chi connectivity index (χ1) is 9.99. The summed E-state index contributed by atoms with van der Waals surface area (Å²) in [6, 6.07) is 3.37. The van der Waals surface area contributed by atoms with Crippen LogP contribution >= 0.6 is 0 Å². The van der Waals surface area contributed by atoms with Gasteiger partial charge in [-0.15, -0.1) is 0 Å². The number of hydrogen-bond donors (Lipinski definition) is 3. The molecule has 1 aromatic rings. The average Bonchev–Trinajstić information content (AvgIpc) is 2.45. The van der Waals surface area contributed by atoms with Gasteiger partial charge in [0.05, 0.1) is 11.5 Å². The highest BCUT2D eigenvalue weighted by atomic mass is 16.4. The van der Waals surface area contributed by atoms with Gasteiger partial charge in [0, 0.05) is 12.2 Å². The number of amides is 1. The summed E-state index contributed by atoms with van der Waals surface area (Å²) in [5.74, 6) is -1.11. The Kier molecular flexibility index (Phi) is 4.77. The quantitative estimate of drug-likeness (QED) is 0.767. The van der Waals surface area contributed by atoms with Gasteiger partial charge in [-0.3, -0.25) is 9.59 Å². The number of nitrogens with one attached hydrogen (secondary N) is 1. The van der Waals surface area contributed by atoms with E-state index in [0.717, 1.165) is 25.0 Å². The number of pyridine rings is 1. The lowest BCUT2D eigenvalue weighted by atomic mass is 9.79. The number of hydrogen-bond acceptors (Lipinski definition) is 4. The van der Waals surface area contributed by atoms with E-state index in [1.807, 2.05) is 6.92 Å². The second kappa shape index (κ2) is 6.56. The summed E-state index contributed by atoms with van der Waals surface area (Å²) in [6.45, 7) is 2.32. The first kappa shape index (κ1) is 15.3. The minimum Gasteiger partial charge on any atom is -0.481 e. The molecule has 0 saturated heterocycles. The van der Waals surface area contributed by atoms with Crippen molar-refractivity contribution in [2.45, 2.75) is 32.6 Å². The number of carboxylic acid groups (broad SMARTS) is 1. The maximum Gasteiger partial charge on any atom is 0.306 e. The minimum absolute atomic E-state index is 0.0549. The predicted molar refractivity (Wildman–Crippen MR) is 79.1 cm³/mol. The van der Waals surface area contributed by atoms with Crippen LogP contribution in [0.25, 0.3) is 0 Å². The fourth-order valence-corrected chi connectivity index (χ4v) is 2.90. The Morgan fingerprint density at radius 3 is 2.76 bits per heavy atom. The third-order valence-electron chi connectivity index (χ3n) is 4.06. The van der Waals surface area contributed by atoms with Crippen LogP contribution in [0.1, 0.15) is 41.7 Å². The smallest absolute Gasteiger partial charge is 0.306 e. The monoisotopic (exact) mass is 291 g/mol. The van der Waals surface area contributed by atoms with E-state index in [1.165, 1.54) is 0 Å². The zero-order valence-corrected chi connectivity index (χ0v) is 12.1. The lowest BCUT2D eigenvalue weighted by Gasteiger charge is -2.29. The Balaban J connectivity index is 2.09. The number of aromatic nitrogens is 1. The third kappa shape index (κ3) is 3.71. The van der Waals surface area contributed by atoms with Crippen molar-refractivity contribution in [1.29, 1.82) is 0 Å². The molecule has 2 rings (SSSR count). The Morgan fingerprint density at radius 2 is 2.10 bits per heavy atom. The van der Waals surface area contributed by atoms with Crippen molar-refractivity contribution in [3.05, 3.63) is 23.4 Å². The van der Waals surface area contributed by atoms with Gasteiger partial charge in [-0.05, 0) is 37.8 Å². The molecule has 2 atom stereocenters. The fraction of sp³-hybridized carbons (Fsp3) is 0.533. The number of nitrogens with zero attached hydrogens (tertiary/aromatic N) is 1. The van der Waals surface area contributed by atoms with Gasteiger partial charge in [-0.2, -0.15) is 0 Å². The number of carbonyl (C=O) groups excluding carboxylic acids is 1. The van der Waals surface area contributed by atoms with Gasteiger partial charge < -0.3 is 16.2 Å². The van der Waals surface area contributed by atoms with Crippen LogP contribution in [0.2, 0.25) is 0 Å². The second-order valence-corrected chi connectivity index (χ2v) is 5.58. The van der Waals surface area contributed by atoms with Gasteiger partial charge in [0.15, 0.2) is 0 Å². The van der Waals surface area contributed by atoms with Crippen molar-refractivity contribution >= 4 is 17.7 Å². The summed E-state index contributed by atoms with van der Waals surface area (Å²) in [6.07, 6.45) is 3.59. The number of carbonyl (C=O) groups is 2. The molecule has 4 N–H and O–H groups in total. The second-order valence-electron chi connectivity index (χ2n) is 5.58. The van der Waals surface area contributed by atoms with E-state index < -0.39 is 11.9 Å². The van der Waals surface area contributed by atoms with Gasteiger partial charge in [-0.25, -0.2) is 4.98 Å². The molecule has 1 aromatic heterocycles. The number of carboxylic acids is 1. The van der Waals surface area contributed by atoms with E-state index in [4.69, 9.17) is 5.73 Å². The molecule has 114 valence electrons. The Labute approximate surface area is 123 Å². The van der Waals surface area contributed by atoms with E-state index in [-0.39, 0.29) is 11.8 Å². The molecule has 1 fully saturated rings. The number of aryl methyl sites for hydroxylation is 1. The van der Waals surface area contributed by atoms with Crippen LogP contribution in [0.15, 0.2) is 12.1 Å². The molecule has 21 heavy (non-hydrogen) atoms. The maximum atomic E-state index is 11.4. The molecule has 1 aliphatic carbocycles. The molecule has 0 bridgehead atoms. The van der Waals surface area contributed by atoms with E-state index in [0.29, 0.717) is 24.3 Å². The first-order valence-electron chi connectivity index (χ1n) is 7.23. The molecule has 1 amide bonds. The van der Waals surface area contributed by atoms with Gasteiger partial charge in [0.2, 0.25) is 0 Å². The van der Waals surface area contributed by atoms with Crippen molar-refractivity contribution in [3.63, 3.8) is 0 Å². The van der Waals surface area contributed by atoms with Gasteiger partial charge >= 0.3 is 5.97 Å². The molecule has 6 nitrogen and oxygen atoms in total. The average molecular weight is 291 g/mol. The fourth-order valence-electron chi connectivity index (χ4n) is 2.90. The number of anilines is 1. The van der Waals surface area contributed by atoms with Crippen LogP contribution in [-0.4, -0.2) is 28.5 Å². The third-order valence-corrected chi connectivity index (χ3v) is 4.06. The Hall–Kier alpha value is -2.11. The Bertz CT molecular complexity index is 545. The maximum absolute atomic E-state index is 11.4. The summed E-state index contributed by atoms with van der Waals surface area (Å²) < 4.78 is 0. The SMILES string of the molecule is Cc1ccc(C(N)=O)c(NCC2CCCCC2C(=O)O)n1. The minimum atomic E-state index is -0.742. The number of rotatable bonds is 5. The lowest BCUT2D eigenvalue weighted by Crippen LogP contribution is -2.32. The summed E-state index contributed by atoms with van der Waals surface area (Å²) in [7, 11) is 0. The van der Waals surface area contributed by atoms with Crippen LogP contribution in [0.5, 0.6) is 0 Å². The highest BCUT2D eigenvalue weighted by Crippen LogP contribution is 2.30. The molecular weight excluding hydrogens is 270 g/mol. The van der Waals surface area contributed by atoms with E-state index in [2.05, 4.69) is 10.3 Å². The topological polar surface area (TPSA) is 105 Å². The molecule has 0 radical (unpaired) electrons. The van der Waals surface area contributed by atoms with Crippen LogP contribution in [0.4, 0.5) is 5.82 Å². The van der Waals surface area contributed by atoms with Crippen molar-refractivity contribution in [3.8, 4) is 0 Å². The molecule has 1 saturated carbocycles. The highest BCUT2D eigenvalue weighted by molar-refractivity contribution is 5.97. The molecule has 6 heteroatoms. The van der Waals surface area contributed by atoms with Gasteiger partial charge in [0.25, 0.3) is 5.91 Å². The van der Waals surface area contributed by atoms with Gasteiger partial charge in [-0.1, -0.05) is 12.8 Å². The summed E-state index contributed by atoms with van der Waals surface area (Å²) in [4.78, 5) is 27.0. The highest BCUT2D eigenvalue weighted by Gasteiger charge is 2.30. The van der Waals surface area contributed by atoms with Crippen molar-refractivity contribution in [1.82, 2.24) is 4.98 Å². The van der Waals surface area contributed by atoms with E-state index >= 15 is 0 Å². The molecule has 0 aliphatic heterocycles.